The molecule has 1 aliphatic heterocycles. The van der Waals surface area contributed by atoms with Crippen molar-refractivity contribution in [1.82, 2.24) is 4.90 Å². The number of Topliss-reactive ketones (excluding diaryl/α,β-unsaturated/α-hetero) is 1. The molecule has 5 rings (SSSR count). The Labute approximate surface area is 240 Å². The lowest BCUT2D eigenvalue weighted by Gasteiger charge is -2.26. The number of carbonyl (C=O) groups is 2. The Kier molecular flexibility index (Phi) is 8.20. The fourth-order valence-corrected chi connectivity index (χ4v) is 5.20. The summed E-state index contributed by atoms with van der Waals surface area (Å²) in [4.78, 5) is 28.5. The number of hydrogen-bond donors (Lipinski definition) is 1. The van der Waals surface area contributed by atoms with Gasteiger partial charge in [-0.2, -0.15) is 0 Å². The van der Waals surface area contributed by atoms with Crippen LogP contribution < -0.4 is 9.47 Å². The van der Waals surface area contributed by atoms with Crippen LogP contribution in [0.1, 0.15) is 39.4 Å². The lowest BCUT2D eigenvalue weighted by Crippen LogP contribution is -2.31. The second kappa shape index (κ2) is 12.1. The van der Waals surface area contributed by atoms with Gasteiger partial charge in [0.1, 0.15) is 12.4 Å². The van der Waals surface area contributed by atoms with E-state index in [1.165, 1.54) is 0 Å². The third-order valence-electron chi connectivity index (χ3n) is 7.41. The van der Waals surface area contributed by atoms with Gasteiger partial charge in [0.2, 0.25) is 0 Å². The van der Waals surface area contributed by atoms with Crippen LogP contribution in [0.15, 0.2) is 103 Å². The second-order valence-corrected chi connectivity index (χ2v) is 10.2. The minimum atomic E-state index is -0.796. The smallest absolute Gasteiger partial charge is 0.295 e. The number of amides is 1. The summed E-state index contributed by atoms with van der Waals surface area (Å²) in [5.41, 5.74) is 5.06. The van der Waals surface area contributed by atoms with Gasteiger partial charge in [-0.15, -0.1) is 0 Å². The van der Waals surface area contributed by atoms with Crippen LogP contribution in [0.2, 0.25) is 0 Å². The van der Waals surface area contributed by atoms with Crippen LogP contribution in [0.5, 0.6) is 11.5 Å². The van der Waals surface area contributed by atoms with Crippen molar-refractivity contribution in [3.63, 3.8) is 0 Å². The van der Waals surface area contributed by atoms with E-state index >= 15 is 0 Å². The average molecular weight is 548 g/mol. The van der Waals surface area contributed by atoms with Crippen molar-refractivity contribution in [2.24, 2.45) is 0 Å². The average Bonchev–Trinajstić information content (AvgIpc) is 3.25. The number of ether oxygens (including phenoxy) is 2. The molecule has 41 heavy (non-hydrogen) atoms. The summed E-state index contributed by atoms with van der Waals surface area (Å²) in [6.07, 6.45) is 0.559. The lowest BCUT2D eigenvalue weighted by molar-refractivity contribution is -0.139. The van der Waals surface area contributed by atoms with Crippen LogP contribution >= 0.6 is 0 Å². The molecule has 4 aromatic rings. The van der Waals surface area contributed by atoms with Crippen LogP contribution in [-0.2, 0) is 22.6 Å². The molecule has 0 bridgehead atoms. The van der Waals surface area contributed by atoms with Gasteiger partial charge >= 0.3 is 0 Å². The van der Waals surface area contributed by atoms with Crippen molar-refractivity contribution in [3.8, 4) is 11.5 Å². The number of hydrogen-bond acceptors (Lipinski definition) is 5. The summed E-state index contributed by atoms with van der Waals surface area (Å²) in [6.45, 7) is 4.46. The first-order chi connectivity index (χ1) is 19.9. The normalized spacial score (nSPS) is 16.2. The highest BCUT2D eigenvalue weighted by Crippen LogP contribution is 2.42. The molecule has 1 heterocycles. The topological polar surface area (TPSA) is 76.1 Å². The Bertz CT molecular complexity index is 1590. The zero-order valence-corrected chi connectivity index (χ0v) is 23.5. The minimum absolute atomic E-state index is 0.0665. The molecule has 1 fully saturated rings. The van der Waals surface area contributed by atoms with E-state index in [1.807, 2.05) is 98.8 Å². The number of benzene rings is 4. The number of nitrogens with zero attached hydrogens (tertiary/aromatic N) is 1. The molecule has 1 aliphatic rings. The van der Waals surface area contributed by atoms with Crippen LogP contribution in [-0.4, -0.2) is 35.4 Å². The number of likely N-dealkylation sites (tertiary alicyclic amines) is 1. The molecule has 6 nitrogen and oxygen atoms in total. The molecule has 0 aromatic heterocycles. The van der Waals surface area contributed by atoms with Gasteiger partial charge in [-0.3, -0.25) is 9.59 Å². The van der Waals surface area contributed by atoms with Crippen LogP contribution in [0.3, 0.4) is 0 Å². The van der Waals surface area contributed by atoms with Crippen LogP contribution in [0.4, 0.5) is 0 Å². The molecule has 208 valence electrons. The van der Waals surface area contributed by atoms with Gasteiger partial charge in [0, 0.05) is 12.1 Å². The van der Waals surface area contributed by atoms with E-state index in [4.69, 9.17) is 9.47 Å². The predicted molar refractivity (Wildman–Crippen MR) is 159 cm³/mol. The Morgan fingerprint density at radius 2 is 1.51 bits per heavy atom. The van der Waals surface area contributed by atoms with Gasteiger partial charge in [0.25, 0.3) is 11.7 Å². The van der Waals surface area contributed by atoms with Crippen molar-refractivity contribution in [1.29, 1.82) is 0 Å². The molecule has 1 N–H and O–H groups in total. The highest BCUT2D eigenvalue weighted by molar-refractivity contribution is 6.46. The van der Waals surface area contributed by atoms with E-state index in [-0.39, 0.29) is 11.3 Å². The zero-order chi connectivity index (χ0) is 28.9. The monoisotopic (exact) mass is 547 g/mol. The maximum absolute atomic E-state index is 13.5. The molecule has 0 saturated carbocycles. The van der Waals surface area contributed by atoms with Crippen molar-refractivity contribution in [3.05, 3.63) is 136 Å². The van der Waals surface area contributed by atoms with E-state index < -0.39 is 17.7 Å². The predicted octanol–water partition coefficient (Wildman–Crippen LogP) is 6.56. The van der Waals surface area contributed by atoms with Crippen molar-refractivity contribution >= 4 is 17.4 Å². The highest BCUT2D eigenvalue weighted by Gasteiger charge is 2.46. The van der Waals surface area contributed by atoms with Gasteiger partial charge in [-0.1, -0.05) is 84.4 Å². The molecule has 0 spiro atoms. The van der Waals surface area contributed by atoms with Gasteiger partial charge in [-0.25, -0.2) is 0 Å². The molecular formula is C35H33NO5. The number of aliphatic hydroxyl groups excluding tert-OH is 1. The summed E-state index contributed by atoms with van der Waals surface area (Å²) < 4.78 is 11.7. The summed E-state index contributed by atoms with van der Waals surface area (Å²) in [5.74, 6) is -0.513. The first-order valence-electron chi connectivity index (χ1n) is 13.6. The van der Waals surface area contributed by atoms with E-state index in [2.05, 4.69) is 0 Å². The fourth-order valence-electron chi connectivity index (χ4n) is 5.20. The third-order valence-corrected chi connectivity index (χ3v) is 7.41. The second-order valence-electron chi connectivity index (χ2n) is 10.2. The number of ketones is 1. The van der Waals surface area contributed by atoms with Gasteiger partial charge in [0.15, 0.2) is 11.5 Å². The molecule has 1 saturated heterocycles. The van der Waals surface area contributed by atoms with Crippen LogP contribution in [0.25, 0.3) is 5.76 Å². The molecular weight excluding hydrogens is 514 g/mol. The van der Waals surface area contributed by atoms with Crippen LogP contribution in [0, 0.1) is 13.8 Å². The van der Waals surface area contributed by atoms with E-state index in [9.17, 15) is 14.7 Å². The van der Waals surface area contributed by atoms with E-state index in [0.29, 0.717) is 42.2 Å². The summed E-state index contributed by atoms with van der Waals surface area (Å²) >= 11 is 0. The number of aryl methyl sites for hydroxylation is 2. The molecule has 0 aliphatic carbocycles. The lowest BCUT2D eigenvalue weighted by atomic mass is 9.93. The molecule has 1 unspecified atom stereocenters. The Hall–Kier alpha value is -4.84. The first kappa shape index (κ1) is 27.7. The van der Waals surface area contributed by atoms with Crippen molar-refractivity contribution in [2.75, 3.05) is 13.7 Å². The van der Waals surface area contributed by atoms with Gasteiger partial charge in [0.05, 0.1) is 18.7 Å². The maximum Gasteiger partial charge on any atom is 0.295 e. The quantitative estimate of drug-likeness (QED) is 0.146. The van der Waals surface area contributed by atoms with Gasteiger partial charge < -0.3 is 19.5 Å². The number of carbonyl (C=O) groups excluding carboxylic acids is 2. The first-order valence-corrected chi connectivity index (χ1v) is 13.6. The molecule has 1 amide bonds. The minimum Gasteiger partial charge on any atom is -0.507 e. The van der Waals surface area contributed by atoms with Gasteiger partial charge in [-0.05, 0) is 60.7 Å². The molecule has 0 radical (unpaired) electrons. The van der Waals surface area contributed by atoms with E-state index in [0.717, 1.165) is 22.3 Å². The Morgan fingerprint density at radius 1 is 0.829 bits per heavy atom. The van der Waals surface area contributed by atoms with Crippen molar-refractivity contribution in [2.45, 2.75) is 32.9 Å². The zero-order valence-electron chi connectivity index (χ0n) is 23.5. The molecule has 1 atom stereocenters. The van der Waals surface area contributed by atoms with Crippen molar-refractivity contribution < 1.29 is 24.2 Å². The summed E-state index contributed by atoms with van der Waals surface area (Å²) in [6, 6.07) is 29.9. The van der Waals surface area contributed by atoms with E-state index in [1.54, 1.807) is 24.1 Å². The highest BCUT2D eigenvalue weighted by atomic mass is 16.5. The number of methoxy groups -OCH3 is 1. The third kappa shape index (κ3) is 5.87. The number of rotatable bonds is 9. The maximum atomic E-state index is 13.5. The summed E-state index contributed by atoms with van der Waals surface area (Å²) in [5, 5.41) is 11.6. The molecule has 4 aromatic carbocycles. The largest absolute Gasteiger partial charge is 0.507 e. The fraction of sp³-hybridized carbons (Fsp3) is 0.200. The SMILES string of the molecule is COc1cc(C2/C(=C(\O)c3cc(C)ccc3C)C(=O)C(=O)N2CCc2ccccc2)ccc1OCc1ccccc1. The summed E-state index contributed by atoms with van der Waals surface area (Å²) in [7, 11) is 1.55. The number of aliphatic hydroxyl groups is 1. The Balaban J connectivity index is 1.56. The Morgan fingerprint density at radius 3 is 2.20 bits per heavy atom. The standard InChI is InChI=1S/C35H33NO5/c1-23-14-15-24(2)28(20-23)33(37)31-32(36(35(39)34(31)38)19-18-25-10-6-4-7-11-25)27-16-17-29(30(21-27)40-3)41-22-26-12-8-5-9-13-26/h4-17,20-21,32,37H,18-19,22H2,1-3H3/b33-31+. The molecule has 6 heteroatoms.